The lowest BCUT2D eigenvalue weighted by molar-refractivity contribution is -0.134. The molecule has 0 spiro atoms. The van der Waals surface area contributed by atoms with Gasteiger partial charge in [-0.25, -0.2) is 9.59 Å². The van der Waals surface area contributed by atoms with E-state index in [0.29, 0.717) is 69.7 Å². The van der Waals surface area contributed by atoms with Gasteiger partial charge in [-0.05, 0) is 129 Å². The Hall–Kier alpha value is -8.15. The maximum Gasteiger partial charge on any atom is 0.410 e. The number of amides is 4. The lowest BCUT2D eigenvalue weighted by Gasteiger charge is -2.45. The van der Waals surface area contributed by atoms with Gasteiger partial charge in [0.15, 0.2) is 0 Å². The number of rotatable bonds is 10. The smallest absolute Gasteiger partial charge is 0.410 e. The molecule has 18 nitrogen and oxygen atoms in total. The summed E-state index contributed by atoms with van der Waals surface area (Å²) in [4.78, 5) is 62.7. The number of ether oxygens (including phenoxy) is 4. The number of imide groups is 1. The van der Waals surface area contributed by atoms with Crippen molar-refractivity contribution in [2.75, 3.05) is 36.0 Å². The van der Waals surface area contributed by atoms with Crippen LogP contribution in [0, 0.1) is 0 Å². The number of hydrogen-bond acceptors (Lipinski definition) is 13. The highest BCUT2D eigenvalue weighted by molar-refractivity contribution is 6.03. The average molecular weight is 1090 g/mol. The Morgan fingerprint density at radius 2 is 1.07 bits per heavy atom. The minimum atomic E-state index is -0.534. The van der Waals surface area contributed by atoms with Crippen LogP contribution < -0.4 is 24.6 Å². The summed E-state index contributed by atoms with van der Waals surface area (Å²) in [5, 5.41) is 13.9. The number of carbonyl (C=O) groups is 4. The number of hydrogen-bond donors (Lipinski definition) is 1. The average Bonchev–Trinajstić information content (AvgIpc) is 3.91. The van der Waals surface area contributed by atoms with Crippen molar-refractivity contribution in [3.05, 3.63) is 126 Å². The molecule has 4 aromatic carbocycles. The number of piperazine rings is 2. The van der Waals surface area contributed by atoms with E-state index >= 15 is 0 Å². The fraction of sp³-hybridized carbons (Fsp3) is 0.435. The fourth-order valence-corrected chi connectivity index (χ4v) is 11.0. The van der Waals surface area contributed by atoms with E-state index in [9.17, 15) is 19.2 Å². The number of fused-ring (bicyclic) bond motifs is 2. The summed E-state index contributed by atoms with van der Waals surface area (Å²) in [6.07, 6.45) is 0.252. The highest BCUT2D eigenvalue weighted by Gasteiger charge is 2.38. The van der Waals surface area contributed by atoms with Gasteiger partial charge in [-0.1, -0.05) is 60.7 Å². The van der Waals surface area contributed by atoms with Crippen LogP contribution in [-0.2, 0) is 46.4 Å². The Kier molecular flexibility index (Phi) is 16.5. The Labute approximate surface area is 468 Å². The van der Waals surface area contributed by atoms with Crippen molar-refractivity contribution in [3.8, 4) is 23.0 Å². The molecule has 3 saturated heterocycles. The van der Waals surface area contributed by atoms with E-state index in [4.69, 9.17) is 29.0 Å². The summed E-state index contributed by atoms with van der Waals surface area (Å²) in [6, 6.07) is 36.4. The molecular formula is C62H76N10O8. The SMILES string of the molecule is C[C@@H]1CN(c2ccc3c(-c4ccc(OCc5ccccc5)nc4OCc4ccccc4)nn(C)c3c2)C[C@H](C)N1C(=O)OC(C)(C)C.C[C@@H]1CN(c2ccc3c(C4CCC(=O)NC4=O)nn(C)c3c2)C[C@H](C)N1C(=O)OC(C)(C)C. The molecule has 6 heterocycles. The first kappa shape index (κ1) is 56.6. The molecule has 18 heteroatoms. The number of piperidine rings is 1. The lowest BCUT2D eigenvalue weighted by Crippen LogP contribution is -2.59. The Bertz CT molecular complexity index is 3340. The van der Waals surface area contributed by atoms with Crippen LogP contribution in [0.5, 0.6) is 11.8 Å². The van der Waals surface area contributed by atoms with Gasteiger partial charge in [0.05, 0.1) is 52.4 Å². The van der Waals surface area contributed by atoms with Gasteiger partial charge in [0.25, 0.3) is 0 Å². The minimum absolute atomic E-state index is 0.00938. The zero-order valence-corrected chi connectivity index (χ0v) is 48.2. The quantitative estimate of drug-likeness (QED) is 0.128. The zero-order chi connectivity index (χ0) is 57.2. The van der Waals surface area contributed by atoms with Crippen molar-refractivity contribution in [2.24, 2.45) is 14.1 Å². The molecule has 3 fully saturated rings. The molecule has 0 bridgehead atoms. The zero-order valence-electron chi connectivity index (χ0n) is 48.2. The maximum absolute atomic E-state index is 13.0. The largest absolute Gasteiger partial charge is 0.473 e. The van der Waals surface area contributed by atoms with Crippen molar-refractivity contribution < 1.29 is 38.1 Å². The van der Waals surface area contributed by atoms with E-state index < -0.39 is 17.1 Å². The number of pyridine rings is 1. The van der Waals surface area contributed by atoms with Crippen LogP contribution in [0.2, 0.25) is 0 Å². The van der Waals surface area contributed by atoms with Crippen molar-refractivity contribution in [1.29, 1.82) is 0 Å². The molecule has 4 amide bonds. The molecule has 0 aliphatic carbocycles. The van der Waals surface area contributed by atoms with E-state index in [2.05, 4.69) is 58.3 Å². The van der Waals surface area contributed by atoms with Crippen LogP contribution in [0.4, 0.5) is 21.0 Å². The summed E-state index contributed by atoms with van der Waals surface area (Å²) in [6.45, 7) is 23.1. The highest BCUT2D eigenvalue weighted by atomic mass is 16.6. The van der Waals surface area contributed by atoms with Crippen LogP contribution in [0.15, 0.2) is 109 Å². The second kappa shape index (κ2) is 23.3. The summed E-state index contributed by atoms with van der Waals surface area (Å²) in [7, 11) is 3.82. The highest BCUT2D eigenvalue weighted by Crippen LogP contribution is 2.38. The topological polar surface area (TPSA) is 179 Å². The second-order valence-electron chi connectivity index (χ2n) is 23.4. The van der Waals surface area contributed by atoms with Crippen LogP contribution in [0.25, 0.3) is 33.1 Å². The van der Waals surface area contributed by atoms with Crippen LogP contribution in [0.3, 0.4) is 0 Å². The minimum Gasteiger partial charge on any atom is -0.473 e. The summed E-state index contributed by atoms with van der Waals surface area (Å²) < 4.78 is 27.4. The number of anilines is 2. The van der Waals surface area contributed by atoms with Gasteiger partial charge in [0, 0.05) is 74.9 Å². The molecule has 1 N–H and O–H groups in total. The van der Waals surface area contributed by atoms with Crippen LogP contribution >= 0.6 is 0 Å². The van der Waals surface area contributed by atoms with Crippen molar-refractivity contribution in [1.82, 2.24) is 39.7 Å². The van der Waals surface area contributed by atoms with Crippen molar-refractivity contribution in [3.63, 3.8) is 0 Å². The Morgan fingerprint density at radius 1 is 0.600 bits per heavy atom. The van der Waals surface area contributed by atoms with Gasteiger partial charge in [0.1, 0.15) is 30.1 Å². The van der Waals surface area contributed by atoms with Crippen molar-refractivity contribution in [2.45, 2.75) is 137 Å². The maximum atomic E-state index is 13.0. The monoisotopic (exact) mass is 1090 g/mol. The van der Waals surface area contributed by atoms with Gasteiger partial charge in [-0.3, -0.25) is 34.1 Å². The molecule has 80 heavy (non-hydrogen) atoms. The van der Waals surface area contributed by atoms with Crippen LogP contribution in [0.1, 0.15) is 105 Å². The first-order valence-electron chi connectivity index (χ1n) is 27.6. The first-order valence-corrected chi connectivity index (χ1v) is 27.6. The van der Waals surface area contributed by atoms with Gasteiger partial charge < -0.3 is 28.7 Å². The first-order chi connectivity index (χ1) is 38.0. The predicted molar refractivity (Wildman–Crippen MR) is 310 cm³/mol. The molecule has 422 valence electrons. The number of aryl methyl sites for hydroxylation is 2. The summed E-state index contributed by atoms with van der Waals surface area (Å²) in [5.74, 6) is 0.0137. The number of aromatic nitrogens is 5. The molecule has 1 unspecified atom stereocenters. The van der Waals surface area contributed by atoms with E-state index in [-0.39, 0.29) is 48.2 Å². The lowest BCUT2D eigenvalue weighted by atomic mass is 9.92. The van der Waals surface area contributed by atoms with Gasteiger partial charge in [0.2, 0.25) is 23.6 Å². The van der Waals surface area contributed by atoms with Crippen LogP contribution in [-0.4, -0.2) is 120 Å². The molecule has 10 rings (SSSR count). The molecular weight excluding hydrogens is 1010 g/mol. The third kappa shape index (κ3) is 13.0. The molecule has 3 aliphatic rings. The fourth-order valence-electron chi connectivity index (χ4n) is 11.0. The van der Waals surface area contributed by atoms with E-state index in [1.807, 2.05) is 169 Å². The molecule has 3 aliphatic heterocycles. The van der Waals surface area contributed by atoms with Crippen molar-refractivity contribution >= 4 is 57.2 Å². The van der Waals surface area contributed by atoms with Gasteiger partial charge >= 0.3 is 12.2 Å². The Morgan fingerprint density at radius 3 is 1.57 bits per heavy atom. The number of benzene rings is 4. The van der Waals surface area contributed by atoms with E-state index in [0.717, 1.165) is 55.6 Å². The molecule has 5 atom stereocenters. The van der Waals surface area contributed by atoms with E-state index in [1.165, 1.54) is 0 Å². The van der Waals surface area contributed by atoms with Gasteiger partial charge in [-0.15, -0.1) is 0 Å². The Balaban J connectivity index is 0.000000206. The number of nitrogens with zero attached hydrogens (tertiary/aromatic N) is 9. The predicted octanol–water partition coefficient (Wildman–Crippen LogP) is 10.6. The number of carbonyl (C=O) groups excluding carboxylic acids is 4. The third-order valence-corrected chi connectivity index (χ3v) is 14.6. The van der Waals surface area contributed by atoms with E-state index in [1.54, 1.807) is 4.68 Å². The van der Waals surface area contributed by atoms with Gasteiger partial charge in [-0.2, -0.15) is 15.2 Å². The molecule has 0 radical (unpaired) electrons. The molecule has 7 aromatic rings. The summed E-state index contributed by atoms with van der Waals surface area (Å²) in [5.41, 5.74) is 7.38. The normalized spacial score (nSPS) is 19.8. The third-order valence-electron chi connectivity index (χ3n) is 14.6. The standard InChI is InChI=1S/C38H43N5O4.C24H33N5O4/c1-26-22-42(23-27(2)43(26)37(44)47-38(3,4)5)30-17-18-31-33(21-30)41(6)40-35(31)32-19-20-34(45-24-28-13-9-7-10-14-28)39-36(32)46-25-29-15-11-8-12-16-29;1-14-12-28(13-15(2)29(14)23(32)33-24(3,4)5)16-7-8-17-19(11-16)27(6)26-21(17)18-9-10-20(30)25-22(18)31/h7-21,26-27H,22-25H2,1-6H3;7-8,11,14-15,18H,9-10,12-13H2,1-6H3,(H,25,30,31)/t26-,27+;14-,15+,18?. The second-order valence-corrected chi connectivity index (χ2v) is 23.4. The number of nitrogens with one attached hydrogen (secondary N) is 1. The molecule has 3 aromatic heterocycles. The summed E-state index contributed by atoms with van der Waals surface area (Å²) >= 11 is 0. The molecule has 0 saturated carbocycles.